The van der Waals surface area contributed by atoms with Crippen molar-refractivity contribution in [3.63, 3.8) is 0 Å². The van der Waals surface area contributed by atoms with Crippen molar-refractivity contribution >= 4 is 66.3 Å². The summed E-state index contributed by atoms with van der Waals surface area (Å²) in [5.41, 5.74) is 2.80. The molecule has 0 saturated carbocycles. The van der Waals surface area contributed by atoms with Crippen LogP contribution in [0.1, 0.15) is 0 Å². The van der Waals surface area contributed by atoms with Gasteiger partial charge in [-0.2, -0.15) is 0 Å². The number of ether oxygens (including phenoxy) is 4. The van der Waals surface area contributed by atoms with Gasteiger partial charge in [0.1, 0.15) is 34.8 Å². The lowest BCUT2D eigenvalue weighted by atomic mass is 9.89. The van der Waals surface area contributed by atoms with E-state index in [2.05, 4.69) is 54.6 Å². The van der Waals surface area contributed by atoms with E-state index in [4.69, 9.17) is 23.4 Å². The molecule has 49 heavy (non-hydrogen) atoms. The molecule has 8 aromatic rings. The third-order valence-electron chi connectivity index (χ3n) is 9.35. The highest BCUT2D eigenvalue weighted by molar-refractivity contribution is 7.85. The van der Waals surface area contributed by atoms with Crippen LogP contribution in [0, 0.1) is 0 Å². The van der Waals surface area contributed by atoms with E-state index in [1.807, 2.05) is 54.6 Å². The summed E-state index contributed by atoms with van der Waals surface area (Å²) in [6.45, 7) is 0. The average Bonchev–Trinajstić information content (AvgIpc) is 3.62. The highest BCUT2D eigenvalue weighted by Crippen LogP contribution is 2.50. The van der Waals surface area contributed by atoms with Gasteiger partial charge in [-0.3, -0.25) is 0 Å². The van der Waals surface area contributed by atoms with Gasteiger partial charge in [0.15, 0.2) is 7.14 Å². The van der Waals surface area contributed by atoms with Crippen molar-refractivity contribution in [1.29, 1.82) is 0 Å². The van der Waals surface area contributed by atoms with Gasteiger partial charge in [-0.25, -0.2) is 0 Å². The van der Waals surface area contributed by atoms with E-state index in [-0.39, 0.29) is 0 Å². The van der Waals surface area contributed by atoms with Crippen LogP contribution in [0.5, 0.6) is 23.0 Å². The van der Waals surface area contributed by atoms with Crippen LogP contribution in [0.4, 0.5) is 0 Å². The largest absolute Gasteiger partial charge is 0.497 e. The Kier molecular flexibility index (Phi) is 7.54. The number of furan rings is 1. The van der Waals surface area contributed by atoms with Crippen molar-refractivity contribution in [2.24, 2.45) is 0 Å². The van der Waals surface area contributed by atoms with E-state index in [1.54, 1.807) is 46.8 Å². The van der Waals surface area contributed by atoms with Crippen molar-refractivity contribution < 1.29 is 27.9 Å². The summed E-state index contributed by atoms with van der Waals surface area (Å²) >= 11 is 0. The topological polar surface area (TPSA) is 67.1 Å². The van der Waals surface area contributed by atoms with Crippen LogP contribution >= 0.6 is 7.14 Å². The second-order valence-corrected chi connectivity index (χ2v) is 14.6. The minimum atomic E-state index is -3.78. The van der Waals surface area contributed by atoms with Gasteiger partial charge in [-0.05, 0) is 80.5 Å². The quantitative estimate of drug-likeness (QED) is 0.119. The molecule has 0 aliphatic carbocycles. The van der Waals surface area contributed by atoms with Gasteiger partial charge < -0.3 is 27.9 Å². The van der Waals surface area contributed by atoms with Crippen LogP contribution in [0.15, 0.2) is 132 Å². The molecule has 0 unspecified atom stereocenters. The molecule has 0 atom stereocenters. The Morgan fingerprint density at radius 3 is 1.69 bits per heavy atom. The van der Waals surface area contributed by atoms with Gasteiger partial charge >= 0.3 is 0 Å². The Hall–Kier alpha value is -5.71. The summed E-state index contributed by atoms with van der Waals surface area (Å²) < 4.78 is 45.6. The van der Waals surface area contributed by atoms with E-state index in [9.17, 15) is 0 Å². The van der Waals surface area contributed by atoms with Gasteiger partial charge in [0.2, 0.25) is 0 Å². The Balaban J connectivity index is 1.59. The second-order valence-electron chi connectivity index (χ2n) is 11.9. The molecule has 0 fully saturated rings. The SMILES string of the molecule is COc1cc(OC)cc(P(=O)(c2cc(OC)cc(OC)c2)c2coc3ccc4c(-c5ccccc5)cc5ccc6ccccc6c5c4c23)c1. The molecule has 7 aromatic carbocycles. The third-order valence-corrected chi connectivity index (χ3v) is 12.3. The van der Waals surface area contributed by atoms with E-state index < -0.39 is 7.14 Å². The van der Waals surface area contributed by atoms with Crippen molar-refractivity contribution in [3.05, 3.63) is 128 Å². The maximum absolute atomic E-state index is 16.5. The first kappa shape index (κ1) is 30.6. The van der Waals surface area contributed by atoms with Crippen LogP contribution in [-0.2, 0) is 4.57 Å². The summed E-state index contributed by atoms with van der Waals surface area (Å²) in [5.74, 6) is 2.07. The minimum Gasteiger partial charge on any atom is -0.497 e. The molecule has 242 valence electrons. The van der Waals surface area contributed by atoms with E-state index in [0.717, 1.165) is 48.8 Å². The zero-order valence-corrected chi connectivity index (χ0v) is 28.4. The van der Waals surface area contributed by atoms with Crippen LogP contribution < -0.4 is 34.9 Å². The molecule has 0 bridgehead atoms. The zero-order valence-electron chi connectivity index (χ0n) is 27.5. The van der Waals surface area contributed by atoms with Gasteiger partial charge in [0.05, 0.1) is 33.7 Å². The number of rotatable bonds is 8. The predicted octanol–water partition coefficient (Wildman–Crippen LogP) is 9.23. The molecule has 7 heteroatoms. The lowest BCUT2D eigenvalue weighted by Crippen LogP contribution is -2.25. The van der Waals surface area contributed by atoms with E-state index >= 15 is 4.57 Å². The molecule has 0 amide bonds. The van der Waals surface area contributed by atoms with E-state index in [0.29, 0.717) is 44.5 Å². The maximum atomic E-state index is 16.5. The summed E-state index contributed by atoms with van der Waals surface area (Å²) in [7, 11) is 2.56. The standard InChI is InChI=1S/C42H33O6P/c1-44-29-19-30(45-2)22-33(21-29)49(43,34-23-31(46-3)20-32(24-34)47-4)39-25-48-38-17-16-36-37(26-10-6-5-7-11-26)18-28-15-14-27-12-8-9-13-35(27)40(28)41(36)42(38)39/h5-25H,1-4H3. The lowest BCUT2D eigenvalue weighted by Gasteiger charge is -2.22. The third kappa shape index (κ3) is 4.91. The molecule has 0 spiro atoms. The fraction of sp³-hybridized carbons (Fsp3) is 0.0952. The van der Waals surface area contributed by atoms with Crippen LogP contribution in [0.25, 0.3) is 54.4 Å². The first-order valence-electron chi connectivity index (χ1n) is 15.9. The van der Waals surface area contributed by atoms with Crippen LogP contribution in [0.3, 0.4) is 0 Å². The molecule has 0 N–H and O–H groups in total. The monoisotopic (exact) mass is 664 g/mol. The normalized spacial score (nSPS) is 11.8. The van der Waals surface area contributed by atoms with Gasteiger partial charge in [0, 0.05) is 33.5 Å². The van der Waals surface area contributed by atoms with Crippen LogP contribution in [-0.4, -0.2) is 28.4 Å². The molecule has 6 nitrogen and oxygen atoms in total. The van der Waals surface area contributed by atoms with Crippen LogP contribution in [0.2, 0.25) is 0 Å². The van der Waals surface area contributed by atoms with Gasteiger partial charge in [0.25, 0.3) is 0 Å². The van der Waals surface area contributed by atoms with Crippen molar-refractivity contribution in [2.75, 3.05) is 28.4 Å². The first-order valence-corrected chi connectivity index (χ1v) is 17.6. The molecular weight excluding hydrogens is 631 g/mol. The molecule has 0 saturated heterocycles. The summed E-state index contributed by atoms with van der Waals surface area (Å²) in [6, 6.07) is 40.2. The first-order chi connectivity index (χ1) is 24.0. The molecule has 1 heterocycles. The fourth-order valence-corrected chi connectivity index (χ4v) is 9.81. The van der Waals surface area contributed by atoms with Crippen molar-refractivity contribution in [3.8, 4) is 34.1 Å². The van der Waals surface area contributed by atoms with Crippen molar-refractivity contribution in [1.82, 2.24) is 0 Å². The lowest BCUT2D eigenvalue weighted by molar-refractivity contribution is 0.395. The van der Waals surface area contributed by atoms with Gasteiger partial charge in [-0.1, -0.05) is 66.7 Å². The Labute approximate surface area is 283 Å². The maximum Gasteiger partial charge on any atom is 0.175 e. The highest BCUT2D eigenvalue weighted by atomic mass is 31.2. The number of fused-ring (bicyclic) bond motifs is 7. The average molecular weight is 665 g/mol. The zero-order chi connectivity index (χ0) is 33.7. The number of methoxy groups -OCH3 is 4. The second kappa shape index (κ2) is 12.1. The van der Waals surface area contributed by atoms with Crippen molar-refractivity contribution in [2.45, 2.75) is 0 Å². The summed E-state index contributed by atoms with van der Waals surface area (Å²) in [6.07, 6.45) is 1.65. The number of benzene rings is 7. The van der Waals surface area contributed by atoms with E-state index in [1.165, 1.54) is 0 Å². The molecule has 0 radical (unpaired) electrons. The Bertz CT molecular complexity index is 2480. The Morgan fingerprint density at radius 1 is 0.510 bits per heavy atom. The highest BCUT2D eigenvalue weighted by Gasteiger charge is 2.36. The predicted molar refractivity (Wildman–Crippen MR) is 200 cm³/mol. The van der Waals surface area contributed by atoms with Gasteiger partial charge in [-0.15, -0.1) is 0 Å². The summed E-state index contributed by atoms with van der Waals surface area (Å²) in [4.78, 5) is 0. The summed E-state index contributed by atoms with van der Waals surface area (Å²) in [5, 5.41) is 8.74. The smallest absolute Gasteiger partial charge is 0.175 e. The molecular formula is C42H33O6P. The minimum absolute atomic E-state index is 0.518. The molecule has 0 aliphatic rings. The number of hydrogen-bond acceptors (Lipinski definition) is 6. The molecule has 1 aromatic heterocycles. The Morgan fingerprint density at radius 2 is 1.08 bits per heavy atom. The number of hydrogen-bond donors (Lipinski definition) is 0. The molecule has 0 aliphatic heterocycles. The fourth-order valence-electron chi connectivity index (χ4n) is 6.98. The molecule has 8 rings (SSSR count).